The summed E-state index contributed by atoms with van der Waals surface area (Å²) in [4.78, 5) is 24.4. The van der Waals surface area contributed by atoms with Gasteiger partial charge in [0.15, 0.2) is 0 Å². The standard InChI is InChI=1S/C25H17N3O2/c29-24(15-23-25(30)28-21-13-7-6-12-20(21)27-23)18-14-22(16-8-2-1-3-9-16)26-19-11-5-4-10-17(18)19/h1-15,29H,(H,28,30)/b24-15-. The van der Waals surface area contributed by atoms with Gasteiger partial charge in [-0.05, 0) is 24.3 Å². The Morgan fingerprint density at radius 1 is 0.833 bits per heavy atom. The first-order valence-electron chi connectivity index (χ1n) is 9.54. The number of benzene rings is 3. The summed E-state index contributed by atoms with van der Waals surface area (Å²) in [5.41, 5.74) is 4.13. The third kappa shape index (κ3) is 3.22. The maximum absolute atomic E-state index is 12.5. The van der Waals surface area contributed by atoms with Crippen LogP contribution < -0.4 is 5.56 Å². The van der Waals surface area contributed by atoms with Crippen molar-refractivity contribution < 1.29 is 5.11 Å². The lowest BCUT2D eigenvalue weighted by molar-refractivity contribution is 0.516. The van der Waals surface area contributed by atoms with Gasteiger partial charge in [0, 0.05) is 22.6 Å². The third-order valence-corrected chi connectivity index (χ3v) is 4.96. The van der Waals surface area contributed by atoms with Crippen LogP contribution in [-0.4, -0.2) is 20.1 Å². The van der Waals surface area contributed by atoms with Gasteiger partial charge in [-0.15, -0.1) is 0 Å². The van der Waals surface area contributed by atoms with Crippen LogP contribution in [0.15, 0.2) is 89.7 Å². The van der Waals surface area contributed by atoms with Crippen molar-refractivity contribution >= 4 is 33.8 Å². The number of H-pyrrole nitrogens is 1. The zero-order valence-corrected chi connectivity index (χ0v) is 15.9. The van der Waals surface area contributed by atoms with E-state index in [1.54, 1.807) is 6.07 Å². The van der Waals surface area contributed by atoms with E-state index in [0.29, 0.717) is 16.6 Å². The molecule has 0 bridgehead atoms. The first-order chi connectivity index (χ1) is 14.7. The van der Waals surface area contributed by atoms with Gasteiger partial charge in [0.25, 0.3) is 5.56 Å². The molecule has 0 saturated carbocycles. The van der Waals surface area contributed by atoms with E-state index in [1.807, 2.05) is 78.9 Å². The molecule has 5 heteroatoms. The first kappa shape index (κ1) is 17.8. The quantitative estimate of drug-likeness (QED) is 0.415. The molecule has 0 radical (unpaired) electrons. The molecule has 30 heavy (non-hydrogen) atoms. The summed E-state index contributed by atoms with van der Waals surface area (Å²) in [5.74, 6) is -0.0425. The van der Waals surface area contributed by atoms with Crippen LogP contribution >= 0.6 is 0 Å². The van der Waals surface area contributed by atoms with E-state index < -0.39 is 0 Å². The molecule has 2 aromatic heterocycles. The van der Waals surface area contributed by atoms with Gasteiger partial charge in [-0.1, -0.05) is 60.7 Å². The van der Waals surface area contributed by atoms with E-state index in [2.05, 4.69) is 9.97 Å². The minimum absolute atomic E-state index is 0.0425. The van der Waals surface area contributed by atoms with Crippen LogP contribution in [-0.2, 0) is 0 Å². The Morgan fingerprint density at radius 2 is 1.53 bits per heavy atom. The number of aliphatic hydroxyl groups is 1. The molecule has 3 aromatic carbocycles. The second-order valence-corrected chi connectivity index (χ2v) is 6.94. The summed E-state index contributed by atoms with van der Waals surface area (Å²) in [6.45, 7) is 0. The van der Waals surface area contributed by atoms with Crippen LogP contribution in [0.4, 0.5) is 0 Å². The summed E-state index contributed by atoms with van der Waals surface area (Å²) in [5, 5.41) is 11.8. The molecule has 0 unspecified atom stereocenters. The van der Waals surface area contributed by atoms with Crippen molar-refractivity contribution in [2.75, 3.05) is 0 Å². The molecular formula is C25H17N3O2. The number of nitrogens with zero attached hydrogens (tertiary/aromatic N) is 2. The highest BCUT2D eigenvalue weighted by Gasteiger charge is 2.12. The molecule has 0 aliphatic heterocycles. The van der Waals surface area contributed by atoms with Gasteiger partial charge < -0.3 is 10.1 Å². The van der Waals surface area contributed by atoms with E-state index >= 15 is 0 Å². The van der Waals surface area contributed by atoms with Crippen molar-refractivity contribution in [3.05, 3.63) is 107 Å². The number of pyridine rings is 1. The van der Waals surface area contributed by atoms with Crippen LogP contribution in [0.2, 0.25) is 0 Å². The van der Waals surface area contributed by atoms with Gasteiger partial charge in [0.05, 0.1) is 22.2 Å². The fourth-order valence-corrected chi connectivity index (χ4v) is 3.49. The number of aromatic nitrogens is 3. The molecule has 2 N–H and O–H groups in total. The molecular weight excluding hydrogens is 374 g/mol. The largest absolute Gasteiger partial charge is 0.507 e. The van der Waals surface area contributed by atoms with Gasteiger partial charge in [0.1, 0.15) is 11.5 Å². The summed E-state index contributed by atoms with van der Waals surface area (Å²) in [6.07, 6.45) is 1.40. The predicted octanol–water partition coefficient (Wildman–Crippen LogP) is 5.19. The Morgan fingerprint density at radius 3 is 2.37 bits per heavy atom. The lowest BCUT2D eigenvalue weighted by Crippen LogP contribution is -2.12. The summed E-state index contributed by atoms with van der Waals surface area (Å²) in [7, 11) is 0. The molecule has 144 valence electrons. The molecule has 0 aliphatic rings. The Kier molecular flexibility index (Phi) is 4.33. The second-order valence-electron chi connectivity index (χ2n) is 6.94. The van der Waals surface area contributed by atoms with Crippen LogP contribution in [0.3, 0.4) is 0 Å². The molecule has 0 aliphatic carbocycles. The van der Waals surface area contributed by atoms with Gasteiger partial charge in [-0.2, -0.15) is 0 Å². The van der Waals surface area contributed by atoms with Gasteiger partial charge in [-0.25, -0.2) is 9.97 Å². The molecule has 5 nitrogen and oxygen atoms in total. The van der Waals surface area contributed by atoms with E-state index in [4.69, 9.17) is 4.98 Å². The molecule has 0 fully saturated rings. The van der Waals surface area contributed by atoms with Crippen LogP contribution in [0.1, 0.15) is 11.3 Å². The van der Waals surface area contributed by atoms with E-state index in [0.717, 1.165) is 22.2 Å². The lowest BCUT2D eigenvalue weighted by atomic mass is 10.0. The summed E-state index contributed by atoms with van der Waals surface area (Å²) in [6, 6.07) is 26.5. The van der Waals surface area contributed by atoms with Crippen LogP contribution in [0.5, 0.6) is 0 Å². The first-order valence-corrected chi connectivity index (χ1v) is 9.54. The zero-order valence-electron chi connectivity index (χ0n) is 15.9. The minimum atomic E-state index is -0.359. The summed E-state index contributed by atoms with van der Waals surface area (Å²) < 4.78 is 0. The lowest BCUT2D eigenvalue weighted by Gasteiger charge is -2.10. The Labute approximate surface area is 172 Å². The number of para-hydroxylation sites is 3. The molecule has 0 spiro atoms. The van der Waals surface area contributed by atoms with E-state index in [-0.39, 0.29) is 17.0 Å². The molecule has 5 rings (SSSR count). The van der Waals surface area contributed by atoms with Gasteiger partial charge >= 0.3 is 0 Å². The average molecular weight is 391 g/mol. The van der Waals surface area contributed by atoms with Crippen molar-refractivity contribution in [2.45, 2.75) is 0 Å². The van der Waals surface area contributed by atoms with Gasteiger partial charge in [0.2, 0.25) is 0 Å². The van der Waals surface area contributed by atoms with Crippen molar-refractivity contribution in [1.82, 2.24) is 15.0 Å². The molecule has 0 atom stereocenters. The SMILES string of the molecule is O=c1[nH]c2ccccc2nc1/C=C(\O)c1cc(-c2ccccc2)nc2ccccc12. The summed E-state index contributed by atoms with van der Waals surface area (Å²) >= 11 is 0. The number of aromatic amines is 1. The predicted molar refractivity (Wildman–Crippen MR) is 120 cm³/mol. The Balaban J connectivity index is 1.70. The van der Waals surface area contributed by atoms with E-state index in [9.17, 15) is 9.90 Å². The van der Waals surface area contributed by atoms with Gasteiger partial charge in [-0.3, -0.25) is 4.79 Å². The monoisotopic (exact) mass is 391 g/mol. The topological polar surface area (TPSA) is 78.9 Å². The number of fused-ring (bicyclic) bond motifs is 2. The normalized spacial score (nSPS) is 11.8. The number of rotatable bonds is 3. The number of hydrogen-bond donors (Lipinski definition) is 2. The number of aliphatic hydroxyl groups excluding tert-OH is 1. The van der Waals surface area contributed by atoms with Crippen molar-refractivity contribution in [3.8, 4) is 11.3 Å². The molecule has 2 heterocycles. The molecule has 0 amide bonds. The third-order valence-electron chi connectivity index (χ3n) is 4.96. The maximum Gasteiger partial charge on any atom is 0.274 e. The average Bonchev–Trinajstić information content (AvgIpc) is 2.79. The highest BCUT2D eigenvalue weighted by Crippen LogP contribution is 2.29. The Hall–Kier alpha value is -4.25. The smallest absolute Gasteiger partial charge is 0.274 e. The van der Waals surface area contributed by atoms with Crippen molar-refractivity contribution in [3.63, 3.8) is 0 Å². The molecule has 5 aromatic rings. The molecule has 0 saturated heterocycles. The van der Waals surface area contributed by atoms with E-state index in [1.165, 1.54) is 6.08 Å². The number of hydrogen-bond acceptors (Lipinski definition) is 4. The Bertz CT molecular complexity index is 1470. The fraction of sp³-hybridized carbons (Fsp3) is 0. The maximum atomic E-state index is 12.5. The van der Waals surface area contributed by atoms with Crippen LogP contribution in [0.25, 0.3) is 45.0 Å². The minimum Gasteiger partial charge on any atom is -0.507 e. The fourth-order valence-electron chi connectivity index (χ4n) is 3.49. The zero-order chi connectivity index (χ0) is 20.5. The highest BCUT2D eigenvalue weighted by atomic mass is 16.3. The highest BCUT2D eigenvalue weighted by molar-refractivity contribution is 5.95. The number of nitrogens with one attached hydrogen (secondary N) is 1. The van der Waals surface area contributed by atoms with Crippen molar-refractivity contribution in [1.29, 1.82) is 0 Å². The van der Waals surface area contributed by atoms with Crippen LogP contribution in [0, 0.1) is 0 Å². The second kappa shape index (κ2) is 7.29. The van der Waals surface area contributed by atoms with Crippen molar-refractivity contribution in [2.24, 2.45) is 0 Å².